The molecule has 7 nitrogen and oxygen atoms in total. The molecule has 1 atom stereocenters. The number of nitrogens with zero attached hydrogens (tertiary/aromatic N) is 4. The van der Waals surface area contributed by atoms with Crippen LogP contribution in [0.5, 0.6) is 5.75 Å². The molecule has 0 radical (unpaired) electrons. The molecule has 132 valence electrons. The van der Waals surface area contributed by atoms with Crippen molar-refractivity contribution < 1.29 is 9.53 Å². The van der Waals surface area contributed by atoms with Crippen molar-refractivity contribution in [2.75, 3.05) is 16.8 Å². The minimum atomic E-state index is -0.580. The van der Waals surface area contributed by atoms with Gasteiger partial charge in [-0.05, 0) is 31.0 Å². The SMILES string of the molecule is C=C[C@H]1CCCN1c1ccn2ncc(NC(=O)Oc3ccccc3)c2n1. The average molecular weight is 349 g/mol. The summed E-state index contributed by atoms with van der Waals surface area (Å²) >= 11 is 0. The van der Waals surface area contributed by atoms with Gasteiger partial charge in [-0.15, -0.1) is 6.58 Å². The van der Waals surface area contributed by atoms with Crippen LogP contribution in [0.15, 0.2) is 61.4 Å². The maximum absolute atomic E-state index is 12.1. The van der Waals surface area contributed by atoms with E-state index in [2.05, 4.69) is 26.9 Å². The number of fused-ring (bicyclic) bond motifs is 1. The van der Waals surface area contributed by atoms with Crippen molar-refractivity contribution in [3.63, 3.8) is 0 Å². The highest BCUT2D eigenvalue weighted by Crippen LogP contribution is 2.26. The molecule has 1 aliphatic heterocycles. The molecular formula is C19H19N5O2. The molecule has 1 amide bonds. The van der Waals surface area contributed by atoms with Gasteiger partial charge in [-0.2, -0.15) is 5.10 Å². The second-order valence-corrected chi connectivity index (χ2v) is 6.08. The van der Waals surface area contributed by atoms with Crippen LogP contribution < -0.4 is 15.0 Å². The zero-order chi connectivity index (χ0) is 17.9. The lowest BCUT2D eigenvalue weighted by molar-refractivity contribution is 0.215. The molecule has 0 unspecified atom stereocenters. The van der Waals surface area contributed by atoms with Crippen LogP contribution in [-0.2, 0) is 0 Å². The fourth-order valence-electron chi connectivity index (χ4n) is 3.16. The maximum atomic E-state index is 12.1. The van der Waals surface area contributed by atoms with Crippen molar-refractivity contribution in [1.29, 1.82) is 0 Å². The van der Waals surface area contributed by atoms with Crippen LogP contribution >= 0.6 is 0 Å². The van der Waals surface area contributed by atoms with Crippen molar-refractivity contribution in [2.24, 2.45) is 0 Å². The van der Waals surface area contributed by atoms with E-state index in [1.165, 1.54) is 0 Å². The van der Waals surface area contributed by atoms with Gasteiger partial charge in [-0.1, -0.05) is 24.3 Å². The van der Waals surface area contributed by atoms with Crippen LogP contribution in [0.2, 0.25) is 0 Å². The summed E-state index contributed by atoms with van der Waals surface area (Å²) in [5, 5.41) is 6.94. The highest BCUT2D eigenvalue weighted by Gasteiger charge is 2.23. The Hall–Kier alpha value is -3.35. The van der Waals surface area contributed by atoms with Gasteiger partial charge in [0.15, 0.2) is 5.65 Å². The molecule has 2 aromatic heterocycles. The Morgan fingerprint density at radius 2 is 2.15 bits per heavy atom. The van der Waals surface area contributed by atoms with Gasteiger partial charge in [0.1, 0.15) is 17.3 Å². The number of carbonyl (C=O) groups is 1. The first-order chi connectivity index (χ1) is 12.7. The first-order valence-corrected chi connectivity index (χ1v) is 8.52. The van der Waals surface area contributed by atoms with Gasteiger partial charge >= 0.3 is 6.09 Å². The van der Waals surface area contributed by atoms with Gasteiger partial charge in [0, 0.05) is 18.8 Å². The summed E-state index contributed by atoms with van der Waals surface area (Å²) in [7, 11) is 0. The third-order valence-electron chi connectivity index (χ3n) is 4.41. The van der Waals surface area contributed by atoms with E-state index in [-0.39, 0.29) is 6.04 Å². The van der Waals surface area contributed by atoms with Crippen LogP contribution in [0.4, 0.5) is 16.3 Å². The van der Waals surface area contributed by atoms with Crippen LogP contribution in [0.3, 0.4) is 0 Å². The van der Waals surface area contributed by atoms with E-state index in [1.807, 2.05) is 24.4 Å². The number of amides is 1. The van der Waals surface area contributed by atoms with Gasteiger partial charge in [0.25, 0.3) is 0 Å². The first-order valence-electron chi connectivity index (χ1n) is 8.52. The summed E-state index contributed by atoms with van der Waals surface area (Å²) in [5.41, 5.74) is 1.07. The molecule has 1 saturated heterocycles. The molecule has 0 saturated carbocycles. The third kappa shape index (κ3) is 3.11. The number of hydrogen-bond acceptors (Lipinski definition) is 5. The fourth-order valence-corrected chi connectivity index (χ4v) is 3.16. The van der Waals surface area contributed by atoms with Crippen LogP contribution in [0.1, 0.15) is 12.8 Å². The number of para-hydroxylation sites is 1. The molecular weight excluding hydrogens is 330 g/mol. The minimum Gasteiger partial charge on any atom is -0.410 e. The van der Waals surface area contributed by atoms with Gasteiger partial charge in [-0.25, -0.2) is 14.3 Å². The summed E-state index contributed by atoms with van der Waals surface area (Å²) < 4.78 is 6.89. The predicted octanol–water partition coefficient (Wildman–Crippen LogP) is 3.50. The number of benzene rings is 1. The van der Waals surface area contributed by atoms with Crippen LogP contribution in [-0.4, -0.2) is 33.3 Å². The van der Waals surface area contributed by atoms with E-state index in [1.54, 1.807) is 35.0 Å². The summed E-state index contributed by atoms with van der Waals surface area (Å²) in [5.74, 6) is 1.32. The molecule has 7 heteroatoms. The Bertz CT molecular complexity index is 938. The van der Waals surface area contributed by atoms with E-state index in [4.69, 9.17) is 4.74 Å². The lowest BCUT2D eigenvalue weighted by Crippen LogP contribution is -2.28. The monoisotopic (exact) mass is 349 g/mol. The maximum Gasteiger partial charge on any atom is 0.417 e. The van der Waals surface area contributed by atoms with E-state index < -0.39 is 6.09 Å². The fraction of sp³-hybridized carbons (Fsp3) is 0.211. The molecule has 1 aromatic carbocycles. The number of rotatable bonds is 4. The van der Waals surface area contributed by atoms with Crippen molar-refractivity contribution in [3.8, 4) is 5.75 Å². The Balaban J connectivity index is 1.56. The molecule has 0 bridgehead atoms. The average Bonchev–Trinajstić information content (AvgIpc) is 3.29. The van der Waals surface area contributed by atoms with Crippen LogP contribution in [0, 0.1) is 0 Å². The molecule has 1 fully saturated rings. The van der Waals surface area contributed by atoms with Crippen molar-refractivity contribution in [3.05, 3.63) is 61.4 Å². The van der Waals surface area contributed by atoms with Gasteiger partial charge in [0.05, 0.1) is 6.20 Å². The normalized spacial score (nSPS) is 16.6. The lowest BCUT2D eigenvalue weighted by atomic mass is 10.2. The number of ether oxygens (including phenoxy) is 1. The Morgan fingerprint density at radius 3 is 2.96 bits per heavy atom. The predicted molar refractivity (Wildman–Crippen MR) is 99.6 cm³/mol. The number of nitrogens with one attached hydrogen (secondary N) is 1. The minimum absolute atomic E-state index is 0.285. The topological polar surface area (TPSA) is 71.8 Å². The molecule has 3 heterocycles. The quantitative estimate of drug-likeness (QED) is 0.730. The van der Waals surface area contributed by atoms with Crippen molar-refractivity contribution in [1.82, 2.24) is 14.6 Å². The second-order valence-electron chi connectivity index (χ2n) is 6.08. The summed E-state index contributed by atoms with van der Waals surface area (Å²) in [6.45, 7) is 4.84. The molecule has 26 heavy (non-hydrogen) atoms. The van der Waals surface area contributed by atoms with Gasteiger partial charge < -0.3 is 9.64 Å². The Morgan fingerprint density at radius 1 is 1.31 bits per heavy atom. The van der Waals surface area contributed by atoms with E-state index in [0.717, 1.165) is 25.2 Å². The third-order valence-corrected chi connectivity index (χ3v) is 4.41. The highest BCUT2D eigenvalue weighted by atomic mass is 16.6. The largest absolute Gasteiger partial charge is 0.417 e. The summed E-state index contributed by atoms with van der Waals surface area (Å²) in [6, 6.07) is 11.1. The Kier molecular flexibility index (Phi) is 4.27. The molecule has 1 N–H and O–H groups in total. The number of aromatic nitrogens is 3. The number of carbonyl (C=O) groups excluding carboxylic acids is 1. The Labute approximate surface area is 150 Å². The summed E-state index contributed by atoms with van der Waals surface area (Å²) in [6.07, 6.45) is 6.95. The second kappa shape index (κ2) is 6.87. The number of anilines is 2. The highest BCUT2D eigenvalue weighted by molar-refractivity contribution is 5.90. The zero-order valence-electron chi connectivity index (χ0n) is 14.2. The molecule has 3 aromatic rings. The molecule has 1 aliphatic rings. The molecule has 0 spiro atoms. The summed E-state index contributed by atoms with van der Waals surface area (Å²) in [4.78, 5) is 19.0. The van der Waals surface area contributed by atoms with Gasteiger partial charge in [0.2, 0.25) is 0 Å². The van der Waals surface area contributed by atoms with Crippen LogP contribution in [0.25, 0.3) is 5.65 Å². The van der Waals surface area contributed by atoms with E-state index in [9.17, 15) is 4.79 Å². The first kappa shape index (κ1) is 16.1. The standard InChI is InChI=1S/C19H19N5O2/c1-2-14-7-6-11-23(14)17-10-12-24-18(22-17)16(13-20-24)21-19(25)26-15-8-4-3-5-9-15/h2-5,8-10,12-14H,1,6-7,11H2,(H,21,25)/t14-/m0/s1. The zero-order valence-corrected chi connectivity index (χ0v) is 14.2. The van der Waals surface area contributed by atoms with E-state index >= 15 is 0 Å². The smallest absolute Gasteiger partial charge is 0.410 e. The van der Waals surface area contributed by atoms with E-state index in [0.29, 0.717) is 17.1 Å². The van der Waals surface area contributed by atoms with Crippen molar-refractivity contribution >= 4 is 23.2 Å². The lowest BCUT2D eigenvalue weighted by Gasteiger charge is -2.23. The van der Waals surface area contributed by atoms with Gasteiger partial charge in [-0.3, -0.25) is 5.32 Å². The van der Waals surface area contributed by atoms with Crippen molar-refractivity contribution in [2.45, 2.75) is 18.9 Å². The molecule has 0 aliphatic carbocycles. The number of hydrogen-bond donors (Lipinski definition) is 1. The molecule has 4 rings (SSSR count).